The van der Waals surface area contributed by atoms with E-state index in [1.165, 1.54) is 0 Å². The van der Waals surface area contributed by atoms with Crippen LogP contribution in [0.2, 0.25) is 0 Å². The second-order valence-corrected chi connectivity index (χ2v) is 2.00. The van der Waals surface area contributed by atoms with Crippen LogP contribution in [0, 0.1) is 11.5 Å². The standard InChI is InChI=1S/C5H9N5/c1-10-3-2-7-5(9-10)8-4-6/h2-3H2,1H3,(H2,7,8,9). The number of aliphatic imine (C=N–C) groups is 1. The van der Waals surface area contributed by atoms with Crippen LogP contribution in [0.3, 0.4) is 0 Å². The number of hydrogen-bond acceptors (Lipinski definition) is 5. The molecule has 0 aliphatic carbocycles. The first-order valence-corrected chi connectivity index (χ1v) is 3.00. The second kappa shape index (κ2) is 3.03. The average molecular weight is 139 g/mol. The average Bonchev–Trinajstić information content (AvgIpc) is 1.88. The third-order valence-electron chi connectivity index (χ3n) is 1.18. The fourth-order valence-corrected chi connectivity index (χ4v) is 0.704. The molecule has 54 valence electrons. The number of hydrogen-bond donors (Lipinski definition) is 2. The molecule has 0 atom stereocenters. The molecule has 1 aliphatic heterocycles. The van der Waals surface area contributed by atoms with Crippen molar-refractivity contribution < 1.29 is 0 Å². The van der Waals surface area contributed by atoms with Gasteiger partial charge in [0.2, 0.25) is 5.96 Å². The highest BCUT2D eigenvalue weighted by Gasteiger charge is 2.06. The summed E-state index contributed by atoms with van der Waals surface area (Å²) in [6.45, 7) is 1.60. The SMILES string of the molecule is CN1CCN=C(NC#N)N1. The summed E-state index contributed by atoms with van der Waals surface area (Å²) in [7, 11) is 1.90. The van der Waals surface area contributed by atoms with Crippen LogP contribution in [-0.2, 0) is 0 Å². The lowest BCUT2D eigenvalue weighted by Gasteiger charge is -2.22. The molecule has 1 rings (SSSR count). The number of nitriles is 1. The lowest BCUT2D eigenvalue weighted by Crippen LogP contribution is -2.49. The number of nitrogens with zero attached hydrogens (tertiary/aromatic N) is 3. The lowest BCUT2D eigenvalue weighted by molar-refractivity contribution is 0.284. The summed E-state index contributed by atoms with van der Waals surface area (Å²) >= 11 is 0. The Kier molecular flexibility index (Phi) is 2.07. The van der Waals surface area contributed by atoms with E-state index in [-0.39, 0.29) is 0 Å². The van der Waals surface area contributed by atoms with Gasteiger partial charge in [0.05, 0.1) is 6.54 Å². The Bertz CT molecular complexity index is 179. The van der Waals surface area contributed by atoms with Crippen molar-refractivity contribution in [2.75, 3.05) is 20.1 Å². The molecule has 0 bridgehead atoms. The van der Waals surface area contributed by atoms with Crippen molar-refractivity contribution in [2.24, 2.45) is 4.99 Å². The number of hydrazine groups is 1. The molecule has 2 N–H and O–H groups in total. The van der Waals surface area contributed by atoms with Crippen molar-refractivity contribution in [1.29, 1.82) is 5.26 Å². The van der Waals surface area contributed by atoms with E-state index in [2.05, 4.69) is 15.7 Å². The van der Waals surface area contributed by atoms with Crippen LogP contribution in [0.15, 0.2) is 4.99 Å². The molecule has 0 unspecified atom stereocenters. The Labute approximate surface area is 59.3 Å². The van der Waals surface area contributed by atoms with E-state index in [1.807, 2.05) is 12.1 Å². The Hall–Kier alpha value is -1.28. The highest BCUT2D eigenvalue weighted by Crippen LogP contribution is 1.84. The maximum absolute atomic E-state index is 8.20. The van der Waals surface area contributed by atoms with E-state index in [0.29, 0.717) is 5.96 Å². The zero-order chi connectivity index (χ0) is 7.40. The molecule has 0 amide bonds. The van der Waals surface area contributed by atoms with Gasteiger partial charge in [-0.2, -0.15) is 5.26 Å². The fourth-order valence-electron chi connectivity index (χ4n) is 0.704. The summed E-state index contributed by atoms with van der Waals surface area (Å²) < 4.78 is 0. The maximum atomic E-state index is 8.20. The molecule has 5 nitrogen and oxygen atoms in total. The van der Waals surface area contributed by atoms with E-state index < -0.39 is 0 Å². The van der Waals surface area contributed by atoms with Gasteiger partial charge < -0.3 is 0 Å². The number of guanidine groups is 1. The maximum Gasteiger partial charge on any atom is 0.219 e. The first-order valence-electron chi connectivity index (χ1n) is 3.00. The minimum absolute atomic E-state index is 0.524. The molecule has 0 aromatic heterocycles. The van der Waals surface area contributed by atoms with Gasteiger partial charge in [-0.3, -0.25) is 10.7 Å². The smallest absolute Gasteiger partial charge is 0.219 e. The normalized spacial score (nSPS) is 18.6. The molecule has 1 aliphatic rings. The zero-order valence-electron chi connectivity index (χ0n) is 5.76. The third-order valence-corrected chi connectivity index (χ3v) is 1.18. The van der Waals surface area contributed by atoms with Gasteiger partial charge in [0, 0.05) is 13.6 Å². The van der Waals surface area contributed by atoms with Crippen LogP contribution in [0.4, 0.5) is 0 Å². The van der Waals surface area contributed by atoms with Crippen LogP contribution in [0.1, 0.15) is 0 Å². The first-order chi connectivity index (χ1) is 4.83. The predicted octanol–water partition coefficient (Wildman–Crippen LogP) is -1.14. The predicted molar refractivity (Wildman–Crippen MR) is 36.8 cm³/mol. The van der Waals surface area contributed by atoms with Crippen molar-refractivity contribution in [3.8, 4) is 6.19 Å². The largest absolute Gasteiger partial charge is 0.289 e. The van der Waals surface area contributed by atoms with Crippen molar-refractivity contribution in [1.82, 2.24) is 15.8 Å². The van der Waals surface area contributed by atoms with Crippen LogP contribution >= 0.6 is 0 Å². The molecule has 0 radical (unpaired) electrons. The van der Waals surface area contributed by atoms with Gasteiger partial charge in [-0.1, -0.05) is 0 Å². The Morgan fingerprint density at radius 2 is 2.70 bits per heavy atom. The molecular formula is C5H9N5. The van der Waals surface area contributed by atoms with Gasteiger partial charge in [-0.15, -0.1) is 0 Å². The minimum Gasteiger partial charge on any atom is -0.289 e. The quantitative estimate of drug-likeness (QED) is 0.329. The molecule has 5 heteroatoms. The van der Waals surface area contributed by atoms with E-state index in [1.54, 1.807) is 6.19 Å². The molecular weight excluding hydrogens is 130 g/mol. The molecule has 1 heterocycles. The summed E-state index contributed by atoms with van der Waals surface area (Å²) in [5.74, 6) is 0.524. The summed E-state index contributed by atoms with van der Waals surface area (Å²) in [6.07, 6.45) is 1.79. The summed E-state index contributed by atoms with van der Waals surface area (Å²) in [5.41, 5.74) is 2.87. The van der Waals surface area contributed by atoms with Gasteiger partial charge in [0.15, 0.2) is 6.19 Å². The van der Waals surface area contributed by atoms with Crippen molar-refractivity contribution in [3.63, 3.8) is 0 Å². The van der Waals surface area contributed by atoms with Crippen molar-refractivity contribution >= 4 is 5.96 Å². The molecule has 10 heavy (non-hydrogen) atoms. The molecule has 0 aromatic carbocycles. The summed E-state index contributed by atoms with van der Waals surface area (Å²) in [4.78, 5) is 4.00. The van der Waals surface area contributed by atoms with Gasteiger partial charge in [0.25, 0.3) is 0 Å². The fraction of sp³-hybridized carbons (Fsp3) is 0.600. The molecule has 0 saturated heterocycles. The Balaban J connectivity index is 2.45. The monoisotopic (exact) mass is 139 g/mol. The highest BCUT2D eigenvalue weighted by molar-refractivity contribution is 5.81. The molecule has 0 aromatic rings. The van der Waals surface area contributed by atoms with Crippen molar-refractivity contribution in [3.05, 3.63) is 0 Å². The van der Waals surface area contributed by atoms with Gasteiger partial charge in [0.1, 0.15) is 0 Å². The number of rotatable bonds is 0. The van der Waals surface area contributed by atoms with Crippen molar-refractivity contribution in [2.45, 2.75) is 0 Å². The Morgan fingerprint density at radius 1 is 1.90 bits per heavy atom. The van der Waals surface area contributed by atoms with E-state index in [9.17, 15) is 0 Å². The van der Waals surface area contributed by atoms with Gasteiger partial charge in [-0.05, 0) is 0 Å². The molecule has 0 saturated carbocycles. The van der Waals surface area contributed by atoms with E-state index >= 15 is 0 Å². The Morgan fingerprint density at radius 3 is 3.30 bits per heavy atom. The van der Waals surface area contributed by atoms with Gasteiger partial charge >= 0.3 is 0 Å². The van der Waals surface area contributed by atoms with Crippen LogP contribution < -0.4 is 10.7 Å². The first kappa shape index (κ1) is 6.83. The van der Waals surface area contributed by atoms with E-state index in [4.69, 9.17) is 5.26 Å². The topological polar surface area (TPSA) is 63.5 Å². The zero-order valence-corrected chi connectivity index (χ0v) is 5.76. The van der Waals surface area contributed by atoms with Crippen LogP contribution in [-0.4, -0.2) is 31.1 Å². The second-order valence-electron chi connectivity index (χ2n) is 2.00. The molecule has 0 spiro atoms. The number of likely N-dealkylation sites (N-methyl/N-ethyl adjacent to an activating group) is 1. The third kappa shape index (κ3) is 1.60. The molecule has 0 fully saturated rings. The summed E-state index contributed by atoms with van der Waals surface area (Å²) in [5, 5.41) is 12.5. The highest BCUT2D eigenvalue weighted by atomic mass is 15.5. The lowest BCUT2D eigenvalue weighted by atomic mass is 10.6. The van der Waals surface area contributed by atoms with Crippen LogP contribution in [0.5, 0.6) is 0 Å². The minimum atomic E-state index is 0.524. The van der Waals surface area contributed by atoms with Crippen LogP contribution in [0.25, 0.3) is 0 Å². The number of nitrogens with one attached hydrogen (secondary N) is 2. The summed E-state index contributed by atoms with van der Waals surface area (Å²) in [6, 6.07) is 0. The van der Waals surface area contributed by atoms with Gasteiger partial charge in [-0.25, -0.2) is 10.0 Å². The van der Waals surface area contributed by atoms with E-state index in [0.717, 1.165) is 13.1 Å².